The van der Waals surface area contributed by atoms with Gasteiger partial charge in [0.15, 0.2) is 0 Å². The topological polar surface area (TPSA) is 76.7 Å². The van der Waals surface area contributed by atoms with Gasteiger partial charge < -0.3 is 14.8 Å². The Labute approximate surface area is 157 Å². The van der Waals surface area contributed by atoms with Crippen molar-refractivity contribution in [3.05, 3.63) is 59.9 Å². The molecule has 0 spiro atoms. The second-order valence-electron chi connectivity index (χ2n) is 6.74. The van der Waals surface area contributed by atoms with Gasteiger partial charge in [-0.25, -0.2) is 9.18 Å². The van der Waals surface area contributed by atoms with E-state index in [1.165, 1.54) is 18.2 Å². The Hall–Kier alpha value is -3.09. The summed E-state index contributed by atoms with van der Waals surface area (Å²) in [6, 6.07) is 12.6. The second-order valence-corrected chi connectivity index (χ2v) is 6.74. The molecule has 0 fully saturated rings. The minimum absolute atomic E-state index is 0.0129. The highest BCUT2D eigenvalue weighted by atomic mass is 19.1. The Morgan fingerprint density at radius 3 is 2.52 bits per heavy atom. The Morgan fingerprint density at radius 1 is 1.07 bits per heavy atom. The number of hydrogen-bond donors (Lipinski definition) is 2. The van der Waals surface area contributed by atoms with Gasteiger partial charge in [0, 0.05) is 11.8 Å². The van der Waals surface area contributed by atoms with E-state index >= 15 is 0 Å². The quantitative estimate of drug-likeness (QED) is 0.750. The van der Waals surface area contributed by atoms with Crippen LogP contribution in [0.5, 0.6) is 5.75 Å². The van der Waals surface area contributed by atoms with Crippen LogP contribution < -0.4 is 15.4 Å². The molecule has 0 heterocycles. The molecule has 27 heavy (non-hydrogen) atoms. The minimum atomic E-state index is -0.589. The standard InChI is InChI=1S/C20H23FN2O4/c1-20(2,3)27-19(25)23-14-7-6-8-15(13-14)26-12-11-22-18(24)16-9-4-5-10-17(16)21/h4-10,13H,11-12H2,1-3H3,(H,22,24)(H,23,25). The van der Waals surface area contributed by atoms with Crippen molar-refractivity contribution in [2.24, 2.45) is 0 Å². The van der Waals surface area contributed by atoms with Gasteiger partial charge in [0.25, 0.3) is 5.91 Å². The van der Waals surface area contributed by atoms with Crippen LogP contribution in [-0.4, -0.2) is 30.8 Å². The number of halogens is 1. The maximum absolute atomic E-state index is 13.5. The number of benzene rings is 2. The predicted molar refractivity (Wildman–Crippen MR) is 101 cm³/mol. The van der Waals surface area contributed by atoms with Gasteiger partial charge in [-0.1, -0.05) is 18.2 Å². The number of anilines is 1. The van der Waals surface area contributed by atoms with Gasteiger partial charge in [-0.15, -0.1) is 0 Å². The molecule has 2 rings (SSSR count). The third-order valence-electron chi connectivity index (χ3n) is 3.25. The van der Waals surface area contributed by atoms with Crippen LogP contribution in [0.4, 0.5) is 14.9 Å². The molecule has 144 valence electrons. The molecule has 2 N–H and O–H groups in total. The first-order valence-electron chi connectivity index (χ1n) is 8.50. The lowest BCUT2D eigenvalue weighted by Crippen LogP contribution is -2.28. The Balaban J connectivity index is 1.80. The maximum Gasteiger partial charge on any atom is 0.412 e. The van der Waals surface area contributed by atoms with Crippen molar-refractivity contribution in [3.8, 4) is 5.75 Å². The van der Waals surface area contributed by atoms with Crippen LogP contribution in [0.1, 0.15) is 31.1 Å². The van der Waals surface area contributed by atoms with Crippen LogP contribution in [0.15, 0.2) is 48.5 Å². The highest BCUT2D eigenvalue weighted by Gasteiger charge is 2.16. The highest BCUT2D eigenvalue weighted by molar-refractivity contribution is 5.94. The fraction of sp³-hybridized carbons (Fsp3) is 0.300. The number of hydrogen-bond acceptors (Lipinski definition) is 4. The average Bonchev–Trinajstić information content (AvgIpc) is 2.57. The summed E-state index contributed by atoms with van der Waals surface area (Å²) in [7, 11) is 0. The van der Waals surface area contributed by atoms with Crippen LogP contribution in [0.3, 0.4) is 0 Å². The first-order chi connectivity index (χ1) is 12.7. The van der Waals surface area contributed by atoms with Crippen LogP contribution >= 0.6 is 0 Å². The van der Waals surface area contributed by atoms with E-state index in [1.54, 1.807) is 51.1 Å². The van der Waals surface area contributed by atoms with Crippen LogP contribution in [-0.2, 0) is 4.74 Å². The lowest BCUT2D eigenvalue weighted by molar-refractivity contribution is 0.0635. The largest absolute Gasteiger partial charge is 0.492 e. The highest BCUT2D eigenvalue weighted by Crippen LogP contribution is 2.18. The van der Waals surface area contributed by atoms with Gasteiger partial charge in [-0.2, -0.15) is 0 Å². The van der Waals surface area contributed by atoms with Crippen molar-refractivity contribution < 1.29 is 23.5 Å². The van der Waals surface area contributed by atoms with E-state index in [2.05, 4.69) is 10.6 Å². The summed E-state index contributed by atoms with van der Waals surface area (Å²) in [4.78, 5) is 23.7. The molecule has 0 atom stereocenters. The fourth-order valence-electron chi connectivity index (χ4n) is 2.16. The third-order valence-corrected chi connectivity index (χ3v) is 3.25. The molecule has 6 nitrogen and oxygen atoms in total. The number of amides is 2. The van der Waals surface area contributed by atoms with E-state index in [1.807, 2.05) is 0 Å². The number of nitrogens with one attached hydrogen (secondary N) is 2. The van der Waals surface area contributed by atoms with Crippen LogP contribution in [0, 0.1) is 5.82 Å². The molecule has 0 aromatic heterocycles. The maximum atomic E-state index is 13.5. The van der Waals surface area contributed by atoms with Crippen molar-refractivity contribution in [1.29, 1.82) is 0 Å². The summed E-state index contributed by atoms with van der Waals surface area (Å²) in [5, 5.41) is 5.21. The number of carbonyl (C=O) groups excluding carboxylic acids is 2. The van der Waals surface area contributed by atoms with E-state index in [0.717, 1.165) is 0 Å². The summed E-state index contributed by atoms with van der Waals surface area (Å²) in [5.74, 6) is -0.558. The summed E-state index contributed by atoms with van der Waals surface area (Å²) >= 11 is 0. The Kier molecular flexibility index (Phi) is 6.76. The van der Waals surface area contributed by atoms with Crippen LogP contribution in [0.25, 0.3) is 0 Å². The summed E-state index contributed by atoms with van der Waals surface area (Å²) < 4.78 is 24.3. The molecule has 2 amide bonds. The first kappa shape index (κ1) is 20.2. The van der Waals surface area contributed by atoms with E-state index in [9.17, 15) is 14.0 Å². The van der Waals surface area contributed by atoms with E-state index in [4.69, 9.17) is 9.47 Å². The normalized spacial score (nSPS) is 10.8. The van der Waals surface area contributed by atoms with Gasteiger partial charge in [0.2, 0.25) is 0 Å². The van der Waals surface area contributed by atoms with Gasteiger partial charge in [0.1, 0.15) is 23.8 Å². The lowest BCUT2D eigenvalue weighted by atomic mass is 10.2. The summed E-state index contributed by atoms with van der Waals surface area (Å²) in [6.45, 7) is 5.73. The van der Waals surface area contributed by atoms with Gasteiger partial charge >= 0.3 is 6.09 Å². The van der Waals surface area contributed by atoms with Crippen LogP contribution in [0.2, 0.25) is 0 Å². The number of ether oxygens (including phenoxy) is 2. The lowest BCUT2D eigenvalue weighted by Gasteiger charge is -2.19. The van der Waals surface area contributed by atoms with Gasteiger partial charge in [0.05, 0.1) is 12.1 Å². The van der Waals surface area contributed by atoms with Crippen molar-refractivity contribution in [2.75, 3.05) is 18.5 Å². The first-order valence-corrected chi connectivity index (χ1v) is 8.50. The van der Waals surface area contributed by atoms with E-state index < -0.39 is 23.4 Å². The number of rotatable bonds is 6. The molecule has 0 aliphatic heterocycles. The monoisotopic (exact) mass is 374 g/mol. The van der Waals surface area contributed by atoms with E-state index in [0.29, 0.717) is 11.4 Å². The zero-order valence-electron chi connectivity index (χ0n) is 15.5. The molecule has 0 aliphatic carbocycles. The smallest absolute Gasteiger partial charge is 0.412 e. The summed E-state index contributed by atoms with van der Waals surface area (Å²) in [5.41, 5.74) is -0.0764. The third kappa shape index (κ3) is 6.97. The molecule has 0 radical (unpaired) electrons. The second kappa shape index (κ2) is 9.02. The fourth-order valence-corrected chi connectivity index (χ4v) is 2.16. The zero-order chi connectivity index (χ0) is 19.9. The van der Waals surface area contributed by atoms with Crippen molar-refractivity contribution in [1.82, 2.24) is 5.32 Å². The SMILES string of the molecule is CC(C)(C)OC(=O)Nc1cccc(OCCNC(=O)c2ccccc2F)c1. The molecule has 0 aliphatic rings. The molecule has 0 saturated carbocycles. The number of carbonyl (C=O) groups is 2. The molecule has 7 heteroatoms. The molecule has 0 saturated heterocycles. The minimum Gasteiger partial charge on any atom is -0.492 e. The van der Waals surface area contributed by atoms with Gasteiger partial charge in [-0.05, 0) is 45.0 Å². The average molecular weight is 374 g/mol. The molecule has 0 unspecified atom stereocenters. The Bertz CT molecular complexity index is 803. The molecule has 2 aromatic rings. The Morgan fingerprint density at radius 2 is 1.81 bits per heavy atom. The van der Waals surface area contributed by atoms with Crippen molar-refractivity contribution in [3.63, 3.8) is 0 Å². The summed E-state index contributed by atoms with van der Waals surface area (Å²) in [6.07, 6.45) is -0.559. The molecular weight excluding hydrogens is 351 g/mol. The van der Waals surface area contributed by atoms with Crippen molar-refractivity contribution in [2.45, 2.75) is 26.4 Å². The molecule has 2 aromatic carbocycles. The van der Waals surface area contributed by atoms with Gasteiger partial charge in [-0.3, -0.25) is 10.1 Å². The van der Waals surface area contributed by atoms with E-state index in [-0.39, 0.29) is 18.7 Å². The molecule has 0 bridgehead atoms. The predicted octanol–water partition coefficient (Wildman–Crippen LogP) is 3.98. The zero-order valence-corrected chi connectivity index (χ0v) is 15.5. The van der Waals surface area contributed by atoms with Crippen molar-refractivity contribution >= 4 is 17.7 Å². The molecular formula is C20H23FN2O4.